The lowest BCUT2D eigenvalue weighted by Crippen LogP contribution is -2.41. The van der Waals surface area contributed by atoms with Gasteiger partial charge in [-0.05, 0) is 33.1 Å². The molecule has 0 bridgehead atoms. The first-order chi connectivity index (χ1) is 11.3. The van der Waals surface area contributed by atoms with Gasteiger partial charge in [0.05, 0.1) is 16.8 Å². The average molecular weight is 373 g/mol. The molecule has 1 aliphatic heterocycles. The van der Waals surface area contributed by atoms with Crippen LogP contribution in [0.25, 0.3) is 0 Å². The van der Waals surface area contributed by atoms with Gasteiger partial charge in [0.2, 0.25) is 5.91 Å². The van der Waals surface area contributed by atoms with Crippen molar-refractivity contribution in [2.45, 2.75) is 62.0 Å². The maximum Gasteiger partial charge on any atom is 0.235 e. The molecule has 1 saturated carbocycles. The second-order valence-corrected chi connectivity index (χ2v) is 10.2. The lowest BCUT2D eigenvalue weighted by molar-refractivity contribution is -0.130. The number of hydrogen-bond donors (Lipinski definition) is 0. The van der Waals surface area contributed by atoms with Crippen molar-refractivity contribution in [3.8, 4) is 0 Å². The van der Waals surface area contributed by atoms with Gasteiger partial charge in [0, 0.05) is 25.6 Å². The molecule has 2 atom stereocenters. The Labute approximate surface area is 147 Å². The first-order valence-corrected chi connectivity index (χ1v) is 11.1. The molecule has 0 aromatic carbocycles. The monoisotopic (exact) mass is 372 g/mol. The Balaban J connectivity index is 1.66. The maximum atomic E-state index is 12.7. The quantitative estimate of drug-likeness (QED) is 0.700. The second-order valence-electron chi connectivity index (χ2n) is 6.63. The Kier molecular flexibility index (Phi) is 4.92. The van der Waals surface area contributed by atoms with Gasteiger partial charge in [-0.3, -0.25) is 4.79 Å². The van der Waals surface area contributed by atoms with E-state index < -0.39 is 9.84 Å². The Morgan fingerprint density at radius 2 is 2.08 bits per heavy atom. The molecule has 0 spiro atoms. The zero-order valence-electron chi connectivity index (χ0n) is 14.3. The number of thioether (sulfide) groups is 1. The summed E-state index contributed by atoms with van der Waals surface area (Å²) in [7, 11) is -1.30. The summed E-state index contributed by atoms with van der Waals surface area (Å²) in [6.07, 6.45) is 2.85. The fraction of sp³-hybridized carbons (Fsp3) is 0.800. The van der Waals surface area contributed by atoms with Gasteiger partial charge in [0.1, 0.15) is 5.82 Å². The molecule has 1 aromatic heterocycles. The average Bonchev–Trinajstić information content (AvgIpc) is 3.21. The molecule has 0 radical (unpaired) electrons. The number of rotatable bonds is 6. The smallest absolute Gasteiger partial charge is 0.235 e. The summed E-state index contributed by atoms with van der Waals surface area (Å²) < 4.78 is 25.3. The van der Waals surface area contributed by atoms with Crippen molar-refractivity contribution in [3.05, 3.63) is 5.82 Å². The normalized spacial score (nSPS) is 24.0. The highest BCUT2D eigenvalue weighted by molar-refractivity contribution is 8.00. The Morgan fingerprint density at radius 3 is 2.62 bits per heavy atom. The number of nitrogens with zero attached hydrogens (tertiary/aromatic N) is 4. The molecular formula is C15H24N4O3S2. The number of amides is 1. The zero-order valence-corrected chi connectivity index (χ0v) is 15.9. The van der Waals surface area contributed by atoms with Gasteiger partial charge >= 0.3 is 0 Å². The van der Waals surface area contributed by atoms with Crippen LogP contribution in [0.15, 0.2) is 5.16 Å². The zero-order chi connectivity index (χ0) is 17.5. The van der Waals surface area contributed by atoms with Crippen LogP contribution < -0.4 is 0 Å². The third-order valence-corrected chi connectivity index (χ3v) is 7.56. The molecule has 7 nitrogen and oxygen atoms in total. The van der Waals surface area contributed by atoms with E-state index in [1.165, 1.54) is 11.8 Å². The summed E-state index contributed by atoms with van der Waals surface area (Å²) in [6.45, 7) is 4.69. The Hall–Kier alpha value is -1.09. The third-order valence-electron chi connectivity index (χ3n) is 4.74. The van der Waals surface area contributed by atoms with Crippen LogP contribution in [0.1, 0.15) is 44.9 Å². The van der Waals surface area contributed by atoms with Gasteiger partial charge in [-0.25, -0.2) is 8.42 Å². The van der Waals surface area contributed by atoms with Crippen LogP contribution in [-0.2, 0) is 21.2 Å². The van der Waals surface area contributed by atoms with E-state index in [-0.39, 0.29) is 28.7 Å². The molecule has 2 heterocycles. The molecule has 24 heavy (non-hydrogen) atoms. The number of carbonyl (C=O) groups excluding carboxylic acids is 1. The van der Waals surface area contributed by atoms with E-state index in [4.69, 9.17) is 0 Å². The molecule has 1 aliphatic carbocycles. The number of hydrogen-bond acceptors (Lipinski definition) is 6. The van der Waals surface area contributed by atoms with Crippen molar-refractivity contribution in [2.24, 2.45) is 0 Å². The van der Waals surface area contributed by atoms with Crippen molar-refractivity contribution >= 4 is 27.5 Å². The van der Waals surface area contributed by atoms with Gasteiger partial charge in [0.15, 0.2) is 15.0 Å². The minimum Gasteiger partial charge on any atom is -0.341 e. The van der Waals surface area contributed by atoms with Crippen LogP contribution in [0.2, 0.25) is 0 Å². The van der Waals surface area contributed by atoms with Crippen molar-refractivity contribution in [2.75, 3.05) is 18.6 Å². The standard InChI is InChI=1S/C15H24N4O3S2/c1-4-19-13(11-5-6-11)16-17-15(19)23-10(2)14(20)18(3)12-7-8-24(21,22)9-12/h10-12H,4-9H2,1-3H3/t10-,12-/m0/s1. The van der Waals surface area contributed by atoms with Crippen LogP contribution in [-0.4, -0.2) is 63.8 Å². The van der Waals surface area contributed by atoms with Crippen molar-refractivity contribution in [3.63, 3.8) is 0 Å². The topological polar surface area (TPSA) is 85.2 Å². The third kappa shape index (κ3) is 3.61. The van der Waals surface area contributed by atoms with Gasteiger partial charge in [-0.1, -0.05) is 11.8 Å². The highest BCUT2D eigenvalue weighted by Crippen LogP contribution is 2.40. The molecule has 0 unspecified atom stereocenters. The highest BCUT2D eigenvalue weighted by atomic mass is 32.2. The fourth-order valence-electron chi connectivity index (χ4n) is 3.08. The number of sulfone groups is 1. The van der Waals surface area contributed by atoms with E-state index in [2.05, 4.69) is 21.7 Å². The van der Waals surface area contributed by atoms with Crippen LogP contribution in [0, 0.1) is 0 Å². The number of aromatic nitrogens is 3. The largest absolute Gasteiger partial charge is 0.341 e. The minimum absolute atomic E-state index is 0.0549. The molecule has 2 aliphatic rings. The summed E-state index contributed by atoms with van der Waals surface area (Å²) >= 11 is 1.40. The molecule has 9 heteroatoms. The highest BCUT2D eigenvalue weighted by Gasteiger charge is 2.35. The van der Waals surface area contributed by atoms with Gasteiger partial charge in [-0.15, -0.1) is 10.2 Å². The maximum absolute atomic E-state index is 12.7. The van der Waals surface area contributed by atoms with Crippen LogP contribution in [0.4, 0.5) is 0 Å². The van der Waals surface area contributed by atoms with E-state index in [0.717, 1.165) is 30.4 Å². The molecule has 0 N–H and O–H groups in total. The first-order valence-electron chi connectivity index (χ1n) is 8.39. The lowest BCUT2D eigenvalue weighted by atomic mass is 10.2. The fourth-order valence-corrected chi connectivity index (χ4v) is 5.88. The molecule has 1 aromatic rings. The molecule has 134 valence electrons. The summed E-state index contributed by atoms with van der Waals surface area (Å²) in [5.41, 5.74) is 0. The summed E-state index contributed by atoms with van der Waals surface area (Å²) in [4.78, 5) is 14.2. The molecule has 1 amide bonds. The number of carbonyl (C=O) groups is 1. The predicted molar refractivity (Wildman–Crippen MR) is 92.8 cm³/mol. The van der Waals surface area contributed by atoms with Gasteiger partial charge in [0.25, 0.3) is 0 Å². The summed E-state index contributed by atoms with van der Waals surface area (Å²) in [5.74, 6) is 1.73. The lowest BCUT2D eigenvalue weighted by Gasteiger charge is -2.26. The summed E-state index contributed by atoms with van der Waals surface area (Å²) in [5, 5.41) is 9.00. The minimum atomic E-state index is -3.00. The van der Waals surface area contributed by atoms with Crippen LogP contribution in [0.3, 0.4) is 0 Å². The Bertz CT molecular complexity index is 727. The molecular weight excluding hydrogens is 348 g/mol. The first kappa shape index (κ1) is 17.7. The predicted octanol–water partition coefficient (Wildman–Crippen LogP) is 1.30. The van der Waals surface area contributed by atoms with Gasteiger partial charge in [-0.2, -0.15) is 0 Å². The van der Waals surface area contributed by atoms with Crippen LogP contribution >= 0.6 is 11.8 Å². The Morgan fingerprint density at radius 1 is 1.38 bits per heavy atom. The van der Waals surface area contributed by atoms with E-state index in [9.17, 15) is 13.2 Å². The van der Waals surface area contributed by atoms with E-state index in [1.54, 1.807) is 11.9 Å². The summed E-state index contributed by atoms with van der Waals surface area (Å²) in [6, 6.07) is -0.211. The van der Waals surface area contributed by atoms with Gasteiger partial charge < -0.3 is 9.47 Å². The molecule has 2 fully saturated rings. The van der Waals surface area contributed by atoms with Crippen LogP contribution in [0.5, 0.6) is 0 Å². The SMILES string of the molecule is CCn1c(S[C@@H](C)C(=O)N(C)[C@H]2CCS(=O)(=O)C2)nnc1C1CC1. The van der Waals surface area contributed by atoms with Crippen molar-refractivity contribution in [1.29, 1.82) is 0 Å². The van der Waals surface area contributed by atoms with E-state index in [0.29, 0.717) is 12.3 Å². The second kappa shape index (κ2) is 6.67. The van der Waals surface area contributed by atoms with E-state index >= 15 is 0 Å². The van der Waals surface area contributed by atoms with Crippen molar-refractivity contribution < 1.29 is 13.2 Å². The van der Waals surface area contributed by atoms with Crippen molar-refractivity contribution in [1.82, 2.24) is 19.7 Å². The molecule has 1 saturated heterocycles. The molecule has 3 rings (SSSR count). The van der Waals surface area contributed by atoms with E-state index in [1.807, 2.05) is 6.92 Å².